The van der Waals surface area contributed by atoms with Gasteiger partial charge in [0.25, 0.3) is 5.91 Å². The van der Waals surface area contributed by atoms with Gasteiger partial charge in [0, 0.05) is 23.1 Å². The predicted octanol–water partition coefficient (Wildman–Crippen LogP) is 2.62. The van der Waals surface area contributed by atoms with Gasteiger partial charge in [0.2, 0.25) is 0 Å². The van der Waals surface area contributed by atoms with Crippen molar-refractivity contribution in [1.29, 1.82) is 0 Å². The minimum Gasteiger partial charge on any atom is -0.493 e. The number of methoxy groups -OCH3 is 2. The van der Waals surface area contributed by atoms with Crippen LogP contribution < -0.4 is 14.8 Å². The fourth-order valence-corrected chi connectivity index (χ4v) is 2.54. The summed E-state index contributed by atoms with van der Waals surface area (Å²) in [6.07, 6.45) is 1.52. The van der Waals surface area contributed by atoms with Crippen LogP contribution in [0.15, 0.2) is 30.5 Å². The number of benzene rings is 1. The molecule has 0 aliphatic rings. The Labute approximate surface area is 139 Å². The van der Waals surface area contributed by atoms with Crippen molar-refractivity contribution in [3.05, 3.63) is 47.4 Å². The van der Waals surface area contributed by atoms with Crippen molar-refractivity contribution >= 4 is 17.2 Å². The Hall–Kier alpha value is -3.09. The number of ether oxygens (including phenoxy) is 2. The summed E-state index contributed by atoms with van der Waals surface area (Å²) in [6.45, 7) is 3.81. The number of carbonyl (C=O) groups is 1. The number of aryl methyl sites for hydroxylation is 2. The number of aromatic nitrogens is 3. The van der Waals surface area contributed by atoms with E-state index in [1.54, 1.807) is 36.9 Å². The van der Waals surface area contributed by atoms with E-state index in [1.807, 2.05) is 19.9 Å². The summed E-state index contributed by atoms with van der Waals surface area (Å²) >= 11 is 0. The van der Waals surface area contributed by atoms with Crippen LogP contribution in [0.25, 0.3) is 5.65 Å². The average Bonchev–Trinajstić information content (AvgIpc) is 2.98. The van der Waals surface area contributed by atoms with Gasteiger partial charge in [0.05, 0.1) is 20.4 Å². The summed E-state index contributed by atoms with van der Waals surface area (Å²) in [5.74, 6) is 0.856. The van der Waals surface area contributed by atoms with E-state index in [2.05, 4.69) is 15.4 Å². The highest BCUT2D eigenvalue weighted by molar-refractivity contribution is 6.08. The highest BCUT2D eigenvalue weighted by Crippen LogP contribution is 2.30. The van der Waals surface area contributed by atoms with Gasteiger partial charge in [-0.15, -0.1) is 0 Å². The van der Waals surface area contributed by atoms with Crippen LogP contribution in [-0.4, -0.2) is 34.7 Å². The molecule has 0 atom stereocenters. The number of nitrogens with zero attached hydrogens (tertiary/aromatic N) is 3. The number of nitrogens with one attached hydrogen (secondary N) is 1. The number of fused-ring (bicyclic) bond motifs is 1. The first-order chi connectivity index (χ1) is 11.5. The van der Waals surface area contributed by atoms with Crippen LogP contribution in [0.4, 0.5) is 5.69 Å². The van der Waals surface area contributed by atoms with E-state index in [-0.39, 0.29) is 5.91 Å². The average molecular weight is 326 g/mol. The van der Waals surface area contributed by atoms with Crippen LogP contribution in [-0.2, 0) is 0 Å². The Morgan fingerprint density at radius 3 is 2.58 bits per heavy atom. The van der Waals surface area contributed by atoms with Gasteiger partial charge in [-0.3, -0.25) is 4.79 Å². The van der Waals surface area contributed by atoms with E-state index in [1.165, 1.54) is 6.20 Å². The lowest BCUT2D eigenvalue weighted by molar-refractivity contribution is 0.102. The molecule has 124 valence electrons. The van der Waals surface area contributed by atoms with Gasteiger partial charge in [-0.25, -0.2) is 9.50 Å². The van der Waals surface area contributed by atoms with Gasteiger partial charge >= 0.3 is 0 Å². The normalized spacial score (nSPS) is 10.7. The molecule has 24 heavy (non-hydrogen) atoms. The minimum atomic E-state index is -0.283. The molecule has 7 heteroatoms. The first kappa shape index (κ1) is 15.8. The van der Waals surface area contributed by atoms with Gasteiger partial charge in [0.15, 0.2) is 17.1 Å². The predicted molar refractivity (Wildman–Crippen MR) is 90.0 cm³/mol. The molecule has 7 nitrogen and oxygen atoms in total. The van der Waals surface area contributed by atoms with E-state index in [9.17, 15) is 4.79 Å². The van der Waals surface area contributed by atoms with Crippen molar-refractivity contribution in [3.8, 4) is 11.5 Å². The van der Waals surface area contributed by atoms with Crippen molar-refractivity contribution in [2.24, 2.45) is 0 Å². The number of carbonyl (C=O) groups excluding carboxylic acids is 1. The standard InChI is InChI=1S/C17H18N4O3/c1-10-7-11(2)21-16(19-10)13(9-18-21)17(22)20-12-5-6-14(23-3)15(8-12)24-4/h5-9H,1-4H3,(H,20,22). The molecule has 0 spiro atoms. The summed E-state index contributed by atoms with van der Waals surface area (Å²) < 4.78 is 12.1. The lowest BCUT2D eigenvalue weighted by Crippen LogP contribution is -2.12. The number of hydrogen-bond donors (Lipinski definition) is 1. The van der Waals surface area contributed by atoms with E-state index in [0.29, 0.717) is 28.4 Å². The Morgan fingerprint density at radius 1 is 1.12 bits per heavy atom. The van der Waals surface area contributed by atoms with Gasteiger partial charge in [0.1, 0.15) is 5.56 Å². The molecule has 2 heterocycles. The Morgan fingerprint density at radius 2 is 1.88 bits per heavy atom. The maximum Gasteiger partial charge on any atom is 0.261 e. The molecule has 0 fully saturated rings. The third kappa shape index (κ3) is 2.76. The molecule has 3 aromatic rings. The van der Waals surface area contributed by atoms with Crippen LogP contribution in [0.1, 0.15) is 21.7 Å². The third-order valence-electron chi connectivity index (χ3n) is 3.66. The third-order valence-corrected chi connectivity index (χ3v) is 3.66. The maximum atomic E-state index is 12.6. The monoisotopic (exact) mass is 326 g/mol. The molecule has 2 aromatic heterocycles. The van der Waals surface area contributed by atoms with Gasteiger partial charge in [-0.05, 0) is 32.0 Å². The lowest BCUT2D eigenvalue weighted by Gasteiger charge is -2.10. The van der Waals surface area contributed by atoms with Crippen molar-refractivity contribution in [2.75, 3.05) is 19.5 Å². The Balaban J connectivity index is 1.93. The second-order valence-corrected chi connectivity index (χ2v) is 5.36. The first-order valence-corrected chi connectivity index (χ1v) is 7.39. The van der Waals surface area contributed by atoms with E-state index in [0.717, 1.165) is 11.4 Å². The molecule has 0 saturated carbocycles. The van der Waals surface area contributed by atoms with Crippen LogP contribution >= 0.6 is 0 Å². The van der Waals surface area contributed by atoms with Crippen LogP contribution in [0.2, 0.25) is 0 Å². The Bertz CT molecular complexity index is 918. The molecule has 3 rings (SSSR count). The van der Waals surface area contributed by atoms with Crippen molar-refractivity contribution < 1.29 is 14.3 Å². The fourth-order valence-electron chi connectivity index (χ4n) is 2.54. The molecule has 1 aromatic carbocycles. The quantitative estimate of drug-likeness (QED) is 0.797. The smallest absolute Gasteiger partial charge is 0.261 e. The lowest BCUT2D eigenvalue weighted by atomic mass is 10.2. The molecular formula is C17H18N4O3. The number of rotatable bonds is 4. The number of hydrogen-bond acceptors (Lipinski definition) is 5. The van der Waals surface area contributed by atoms with Crippen molar-refractivity contribution in [2.45, 2.75) is 13.8 Å². The molecule has 0 aliphatic heterocycles. The second kappa shape index (κ2) is 6.19. The molecule has 0 unspecified atom stereocenters. The van der Waals surface area contributed by atoms with Gasteiger partial charge in [-0.1, -0.05) is 0 Å². The zero-order valence-corrected chi connectivity index (χ0v) is 14.0. The molecule has 0 saturated heterocycles. The van der Waals surface area contributed by atoms with Crippen molar-refractivity contribution in [1.82, 2.24) is 14.6 Å². The van der Waals surface area contributed by atoms with E-state index in [4.69, 9.17) is 9.47 Å². The largest absolute Gasteiger partial charge is 0.493 e. The summed E-state index contributed by atoms with van der Waals surface area (Å²) in [4.78, 5) is 17.0. The zero-order chi connectivity index (χ0) is 17.3. The van der Waals surface area contributed by atoms with Gasteiger partial charge < -0.3 is 14.8 Å². The molecule has 1 N–H and O–H groups in total. The minimum absolute atomic E-state index is 0.283. The first-order valence-electron chi connectivity index (χ1n) is 7.39. The highest BCUT2D eigenvalue weighted by atomic mass is 16.5. The summed E-state index contributed by atoms with van der Waals surface area (Å²) in [5, 5.41) is 7.07. The zero-order valence-electron chi connectivity index (χ0n) is 14.0. The number of anilines is 1. The molecule has 0 bridgehead atoms. The fraction of sp³-hybridized carbons (Fsp3) is 0.235. The summed E-state index contributed by atoms with van der Waals surface area (Å²) in [6, 6.07) is 7.09. The topological polar surface area (TPSA) is 77.8 Å². The second-order valence-electron chi connectivity index (χ2n) is 5.36. The van der Waals surface area contributed by atoms with Crippen LogP contribution in [0.5, 0.6) is 11.5 Å². The molecular weight excluding hydrogens is 308 g/mol. The molecule has 0 radical (unpaired) electrons. The SMILES string of the molecule is COc1ccc(NC(=O)c2cnn3c(C)cc(C)nc23)cc1OC. The van der Waals surface area contributed by atoms with Crippen LogP contribution in [0.3, 0.4) is 0 Å². The van der Waals surface area contributed by atoms with Gasteiger partial charge in [-0.2, -0.15) is 5.10 Å². The summed E-state index contributed by atoms with van der Waals surface area (Å²) in [5.41, 5.74) is 3.30. The van der Waals surface area contributed by atoms with E-state index >= 15 is 0 Å². The highest BCUT2D eigenvalue weighted by Gasteiger charge is 2.16. The summed E-state index contributed by atoms with van der Waals surface area (Å²) in [7, 11) is 3.11. The maximum absolute atomic E-state index is 12.6. The van der Waals surface area contributed by atoms with Crippen LogP contribution in [0, 0.1) is 13.8 Å². The van der Waals surface area contributed by atoms with Crippen molar-refractivity contribution in [3.63, 3.8) is 0 Å². The Kier molecular flexibility index (Phi) is 4.07. The van der Waals surface area contributed by atoms with E-state index < -0.39 is 0 Å². The molecule has 0 aliphatic carbocycles. The molecule has 1 amide bonds. The number of amides is 1.